The molecule has 0 aliphatic carbocycles. The number of hydrogen-bond acceptors (Lipinski definition) is 2. The normalized spacial score (nSPS) is 12.9. The summed E-state index contributed by atoms with van der Waals surface area (Å²) in [5.74, 6) is 0.537. The molecule has 0 radical (unpaired) electrons. The van der Waals surface area contributed by atoms with E-state index < -0.39 is 0 Å². The Bertz CT molecular complexity index is 323. The maximum Gasteiger partial charge on any atom is 0.0406 e. The maximum atomic E-state index is 5.72. The molecular weight excluding hydrogens is 252 g/mol. The monoisotopic (exact) mass is 270 g/mol. The highest BCUT2D eigenvalue weighted by Gasteiger charge is 2.10. The maximum absolute atomic E-state index is 5.72. The minimum atomic E-state index is 0.333. The molecule has 2 nitrogen and oxygen atoms in total. The fourth-order valence-corrected chi connectivity index (χ4v) is 1.77. The Kier molecular flexibility index (Phi) is 4.61. The van der Waals surface area contributed by atoms with Crippen molar-refractivity contribution in [2.24, 2.45) is 11.7 Å². The highest BCUT2D eigenvalue weighted by molar-refractivity contribution is 9.10. The van der Waals surface area contributed by atoms with Crippen molar-refractivity contribution in [1.29, 1.82) is 0 Å². The lowest BCUT2D eigenvalue weighted by molar-refractivity contribution is 0.531. The predicted molar refractivity (Wildman–Crippen MR) is 70.2 cm³/mol. The first kappa shape index (κ1) is 12.5. The van der Waals surface area contributed by atoms with Crippen molar-refractivity contribution < 1.29 is 0 Å². The summed E-state index contributed by atoms with van der Waals surface area (Å²) in [6, 6.07) is 6.62. The molecule has 1 atom stereocenters. The molecule has 15 heavy (non-hydrogen) atoms. The van der Waals surface area contributed by atoms with Crippen LogP contribution in [0.3, 0.4) is 0 Å². The van der Waals surface area contributed by atoms with E-state index in [1.165, 1.54) is 5.56 Å². The SMILES string of the molecule is Cc1ccc(NC(CN)C(C)C)cc1Br. The Morgan fingerprint density at radius 3 is 2.53 bits per heavy atom. The molecule has 0 bridgehead atoms. The molecule has 0 aliphatic rings. The second-order valence-electron chi connectivity index (χ2n) is 4.19. The third kappa shape index (κ3) is 3.50. The van der Waals surface area contributed by atoms with E-state index in [-0.39, 0.29) is 0 Å². The third-order valence-corrected chi connectivity index (χ3v) is 3.44. The summed E-state index contributed by atoms with van der Waals surface area (Å²) in [7, 11) is 0. The van der Waals surface area contributed by atoms with Crippen LogP contribution < -0.4 is 11.1 Å². The molecule has 0 saturated carbocycles. The first-order valence-corrected chi connectivity index (χ1v) is 6.06. The van der Waals surface area contributed by atoms with Gasteiger partial charge in [-0.1, -0.05) is 35.8 Å². The Balaban J connectivity index is 2.75. The molecule has 0 saturated heterocycles. The summed E-state index contributed by atoms with van der Waals surface area (Å²) in [4.78, 5) is 0. The minimum Gasteiger partial charge on any atom is -0.381 e. The van der Waals surface area contributed by atoms with Crippen molar-refractivity contribution in [2.45, 2.75) is 26.8 Å². The fraction of sp³-hybridized carbons (Fsp3) is 0.500. The summed E-state index contributed by atoms with van der Waals surface area (Å²) in [6.45, 7) is 7.08. The second-order valence-corrected chi connectivity index (χ2v) is 5.05. The van der Waals surface area contributed by atoms with Crippen LogP contribution in [0.4, 0.5) is 5.69 Å². The topological polar surface area (TPSA) is 38.0 Å². The van der Waals surface area contributed by atoms with E-state index in [1.807, 2.05) is 0 Å². The van der Waals surface area contributed by atoms with Gasteiger partial charge in [0, 0.05) is 22.7 Å². The van der Waals surface area contributed by atoms with E-state index in [0.717, 1.165) is 10.2 Å². The fourth-order valence-electron chi connectivity index (χ4n) is 1.39. The quantitative estimate of drug-likeness (QED) is 0.882. The first-order valence-electron chi connectivity index (χ1n) is 5.27. The lowest BCUT2D eigenvalue weighted by Crippen LogP contribution is -2.33. The van der Waals surface area contributed by atoms with Gasteiger partial charge in [0.15, 0.2) is 0 Å². The second kappa shape index (κ2) is 5.52. The number of halogens is 1. The molecule has 0 amide bonds. The number of benzene rings is 1. The smallest absolute Gasteiger partial charge is 0.0406 e. The van der Waals surface area contributed by atoms with E-state index >= 15 is 0 Å². The van der Waals surface area contributed by atoms with Crippen LogP contribution >= 0.6 is 15.9 Å². The van der Waals surface area contributed by atoms with Gasteiger partial charge in [-0.25, -0.2) is 0 Å². The van der Waals surface area contributed by atoms with Crippen LogP contribution in [-0.4, -0.2) is 12.6 Å². The lowest BCUT2D eigenvalue weighted by Gasteiger charge is -2.22. The Hall–Kier alpha value is -0.540. The molecule has 84 valence electrons. The van der Waals surface area contributed by atoms with Crippen molar-refractivity contribution in [3.05, 3.63) is 28.2 Å². The van der Waals surface area contributed by atoms with E-state index in [9.17, 15) is 0 Å². The van der Waals surface area contributed by atoms with Crippen molar-refractivity contribution in [1.82, 2.24) is 0 Å². The largest absolute Gasteiger partial charge is 0.381 e. The molecule has 0 aromatic heterocycles. The number of nitrogens with one attached hydrogen (secondary N) is 1. The van der Waals surface area contributed by atoms with Crippen molar-refractivity contribution in [2.75, 3.05) is 11.9 Å². The van der Waals surface area contributed by atoms with Crippen molar-refractivity contribution >= 4 is 21.6 Å². The van der Waals surface area contributed by atoms with Gasteiger partial charge in [0.05, 0.1) is 0 Å². The van der Waals surface area contributed by atoms with Gasteiger partial charge >= 0.3 is 0 Å². The van der Waals surface area contributed by atoms with Gasteiger partial charge in [0.25, 0.3) is 0 Å². The van der Waals surface area contributed by atoms with Gasteiger partial charge in [-0.05, 0) is 30.5 Å². The van der Waals surface area contributed by atoms with Crippen molar-refractivity contribution in [3.63, 3.8) is 0 Å². The zero-order valence-electron chi connectivity index (χ0n) is 9.55. The molecule has 0 heterocycles. The van der Waals surface area contributed by atoms with Crippen LogP contribution in [0.15, 0.2) is 22.7 Å². The van der Waals surface area contributed by atoms with E-state index in [1.54, 1.807) is 0 Å². The standard InChI is InChI=1S/C12H19BrN2/c1-8(2)12(7-14)15-10-5-4-9(3)11(13)6-10/h4-6,8,12,15H,7,14H2,1-3H3. The summed E-state index contributed by atoms with van der Waals surface area (Å²) < 4.78 is 1.13. The van der Waals surface area contributed by atoms with Gasteiger partial charge in [0.2, 0.25) is 0 Å². The van der Waals surface area contributed by atoms with Gasteiger partial charge < -0.3 is 11.1 Å². The molecule has 3 N–H and O–H groups in total. The van der Waals surface area contributed by atoms with Gasteiger partial charge in [-0.3, -0.25) is 0 Å². The van der Waals surface area contributed by atoms with Gasteiger partial charge in [-0.2, -0.15) is 0 Å². The van der Waals surface area contributed by atoms with E-state index in [4.69, 9.17) is 5.73 Å². The summed E-state index contributed by atoms with van der Waals surface area (Å²) in [6.07, 6.45) is 0. The molecule has 1 aromatic rings. The van der Waals surface area contributed by atoms with Crippen LogP contribution in [-0.2, 0) is 0 Å². The van der Waals surface area contributed by atoms with Gasteiger partial charge in [-0.15, -0.1) is 0 Å². The molecular formula is C12H19BrN2. The van der Waals surface area contributed by atoms with Gasteiger partial charge in [0.1, 0.15) is 0 Å². The molecule has 0 spiro atoms. The number of aryl methyl sites for hydroxylation is 1. The van der Waals surface area contributed by atoms with Crippen LogP contribution in [0.5, 0.6) is 0 Å². The number of nitrogens with two attached hydrogens (primary N) is 1. The van der Waals surface area contributed by atoms with Crippen LogP contribution in [0.25, 0.3) is 0 Å². The molecule has 3 heteroatoms. The summed E-state index contributed by atoms with van der Waals surface area (Å²) in [5.41, 5.74) is 8.08. The average molecular weight is 271 g/mol. The highest BCUT2D eigenvalue weighted by Crippen LogP contribution is 2.21. The molecule has 0 aliphatic heterocycles. The van der Waals surface area contributed by atoms with E-state index in [0.29, 0.717) is 18.5 Å². The number of rotatable bonds is 4. The summed E-state index contributed by atoms with van der Waals surface area (Å²) >= 11 is 3.52. The van der Waals surface area contributed by atoms with Crippen LogP contribution in [0, 0.1) is 12.8 Å². The molecule has 1 aromatic carbocycles. The van der Waals surface area contributed by atoms with E-state index in [2.05, 4.69) is 60.2 Å². The molecule has 0 fully saturated rings. The molecule has 1 unspecified atom stereocenters. The Morgan fingerprint density at radius 1 is 1.40 bits per heavy atom. The minimum absolute atomic E-state index is 0.333. The zero-order chi connectivity index (χ0) is 11.4. The van der Waals surface area contributed by atoms with Crippen molar-refractivity contribution in [3.8, 4) is 0 Å². The number of hydrogen-bond donors (Lipinski definition) is 2. The summed E-state index contributed by atoms with van der Waals surface area (Å²) in [5, 5.41) is 3.44. The van der Waals surface area contributed by atoms with Crippen LogP contribution in [0.1, 0.15) is 19.4 Å². The zero-order valence-corrected chi connectivity index (χ0v) is 11.1. The third-order valence-electron chi connectivity index (χ3n) is 2.58. The predicted octanol–water partition coefficient (Wildman–Crippen LogP) is 3.15. The Labute approximate surface area is 100 Å². The lowest BCUT2D eigenvalue weighted by atomic mass is 10.0. The average Bonchev–Trinajstić information content (AvgIpc) is 2.19. The first-order chi connectivity index (χ1) is 7.04. The number of anilines is 1. The highest BCUT2D eigenvalue weighted by atomic mass is 79.9. The Morgan fingerprint density at radius 2 is 2.07 bits per heavy atom. The molecule has 1 rings (SSSR count). The van der Waals surface area contributed by atoms with Crippen LogP contribution in [0.2, 0.25) is 0 Å².